The van der Waals surface area contributed by atoms with E-state index in [-0.39, 0.29) is 11.0 Å². The van der Waals surface area contributed by atoms with Gasteiger partial charge in [-0.05, 0) is 0 Å². The standard InChI is InChI=1S/C12H16N4O/c1-12(2,3)10-8(7-16(4)15-10)11-13-6-5-9(17)14-11/h5-7H,1-4H3,(H,13,14,17). The lowest BCUT2D eigenvalue weighted by Gasteiger charge is -2.16. The Morgan fingerprint density at radius 1 is 1.35 bits per heavy atom. The molecule has 17 heavy (non-hydrogen) atoms. The van der Waals surface area contributed by atoms with Crippen molar-refractivity contribution in [1.29, 1.82) is 0 Å². The highest BCUT2D eigenvalue weighted by Crippen LogP contribution is 2.29. The highest BCUT2D eigenvalue weighted by molar-refractivity contribution is 5.58. The SMILES string of the molecule is Cn1cc(-c2nccc(=O)[nH]2)c(C(C)(C)C)n1. The summed E-state index contributed by atoms with van der Waals surface area (Å²) in [5.41, 5.74) is 1.55. The lowest BCUT2D eigenvalue weighted by atomic mass is 9.89. The van der Waals surface area contributed by atoms with Gasteiger partial charge in [-0.1, -0.05) is 20.8 Å². The number of nitrogens with zero attached hydrogens (tertiary/aromatic N) is 3. The number of aromatic nitrogens is 4. The van der Waals surface area contributed by atoms with E-state index in [1.54, 1.807) is 4.68 Å². The van der Waals surface area contributed by atoms with Crippen LogP contribution in [0.2, 0.25) is 0 Å². The number of H-pyrrole nitrogens is 1. The lowest BCUT2D eigenvalue weighted by molar-refractivity contribution is 0.554. The zero-order valence-corrected chi connectivity index (χ0v) is 10.5. The minimum atomic E-state index is -0.154. The zero-order chi connectivity index (χ0) is 12.6. The van der Waals surface area contributed by atoms with Gasteiger partial charge < -0.3 is 4.98 Å². The highest BCUT2D eigenvalue weighted by Gasteiger charge is 2.23. The molecule has 0 saturated heterocycles. The van der Waals surface area contributed by atoms with Crippen molar-refractivity contribution in [1.82, 2.24) is 19.7 Å². The second kappa shape index (κ2) is 3.84. The fourth-order valence-corrected chi connectivity index (χ4v) is 1.72. The summed E-state index contributed by atoms with van der Waals surface area (Å²) >= 11 is 0. The first kappa shape index (κ1) is 11.6. The van der Waals surface area contributed by atoms with Crippen molar-refractivity contribution in [2.45, 2.75) is 26.2 Å². The van der Waals surface area contributed by atoms with Crippen LogP contribution in [0.4, 0.5) is 0 Å². The quantitative estimate of drug-likeness (QED) is 0.809. The molecule has 0 unspecified atom stereocenters. The fourth-order valence-electron chi connectivity index (χ4n) is 1.72. The molecule has 5 nitrogen and oxygen atoms in total. The van der Waals surface area contributed by atoms with Gasteiger partial charge in [0.1, 0.15) is 5.82 Å². The molecule has 2 rings (SSSR count). The van der Waals surface area contributed by atoms with Crippen LogP contribution in [-0.4, -0.2) is 19.7 Å². The minimum Gasteiger partial charge on any atom is -0.306 e. The molecule has 0 saturated carbocycles. The van der Waals surface area contributed by atoms with E-state index < -0.39 is 0 Å². The van der Waals surface area contributed by atoms with Crippen molar-refractivity contribution in [3.8, 4) is 11.4 Å². The van der Waals surface area contributed by atoms with E-state index in [0.717, 1.165) is 11.3 Å². The van der Waals surface area contributed by atoms with E-state index >= 15 is 0 Å². The maximum absolute atomic E-state index is 11.3. The normalized spacial score (nSPS) is 11.8. The molecule has 2 aromatic rings. The third-order valence-corrected chi connectivity index (χ3v) is 2.47. The number of hydrogen-bond acceptors (Lipinski definition) is 3. The predicted octanol–water partition coefficient (Wildman–Crippen LogP) is 1.47. The zero-order valence-electron chi connectivity index (χ0n) is 10.5. The van der Waals surface area contributed by atoms with Gasteiger partial charge in [-0.3, -0.25) is 9.48 Å². The van der Waals surface area contributed by atoms with E-state index in [9.17, 15) is 4.79 Å². The van der Waals surface area contributed by atoms with Crippen molar-refractivity contribution in [3.05, 3.63) is 34.5 Å². The smallest absolute Gasteiger partial charge is 0.251 e. The van der Waals surface area contributed by atoms with Crippen LogP contribution in [0.5, 0.6) is 0 Å². The summed E-state index contributed by atoms with van der Waals surface area (Å²) in [6.07, 6.45) is 3.38. The van der Waals surface area contributed by atoms with Gasteiger partial charge in [0.15, 0.2) is 0 Å². The monoisotopic (exact) mass is 232 g/mol. The average Bonchev–Trinajstić information content (AvgIpc) is 2.60. The Morgan fingerprint density at radius 3 is 2.65 bits per heavy atom. The second-order valence-corrected chi connectivity index (χ2v) is 5.10. The fraction of sp³-hybridized carbons (Fsp3) is 0.417. The van der Waals surface area contributed by atoms with Crippen molar-refractivity contribution in [3.63, 3.8) is 0 Å². The summed E-state index contributed by atoms with van der Waals surface area (Å²) < 4.78 is 1.74. The summed E-state index contributed by atoms with van der Waals surface area (Å²) in [5, 5.41) is 4.44. The Kier molecular flexibility index (Phi) is 2.61. The molecule has 0 atom stereocenters. The first-order valence-corrected chi connectivity index (χ1v) is 5.48. The van der Waals surface area contributed by atoms with E-state index in [4.69, 9.17) is 0 Å². The molecule has 0 aliphatic rings. The molecule has 0 fully saturated rings. The van der Waals surface area contributed by atoms with E-state index in [2.05, 4.69) is 35.8 Å². The highest BCUT2D eigenvalue weighted by atomic mass is 16.1. The summed E-state index contributed by atoms with van der Waals surface area (Å²) in [6, 6.07) is 1.40. The minimum absolute atomic E-state index is 0.0923. The summed E-state index contributed by atoms with van der Waals surface area (Å²) in [6.45, 7) is 6.25. The molecular weight excluding hydrogens is 216 g/mol. The molecule has 90 valence electrons. The van der Waals surface area contributed by atoms with Crippen LogP contribution in [-0.2, 0) is 12.5 Å². The Hall–Kier alpha value is -1.91. The second-order valence-electron chi connectivity index (χ2n) is 5.10. The predicted molar refractivity (Wildman–Crippen MR) is 65.8 cm³/mol. The molecule has 0 amide bonds. The van der Waals surface area contributed by atoms with Crippen LogP contribution in [0.25, 0.3) is 11.4 Å². The molecule has 0 aliphatic carbocycles. The number of rotatable bonds is 1. The van der Waals surface area contributed by atoms with Crippen molar-refractivity contribution in [2.24, 2.45) is 7.05 Å². The maximum Gasteiger partial charge on any atom is 0.251 e. The van der Waals surface area contributed by atoms with Crippen molar-refractivity contribution in [2.75, 3.05) is 0 Å². The molecular formula is C12H16N4O. The molecule has 0 aliphatic heterocycles. The molecule has 0 bridgehead atoms. The first-order chi connectivity index (χ1) is 7.88. The summed E-state index contributed by atoms with van der Waals surface area (Å²) in [5.74, 6) is 0.565. The molecule has 2 aromatic heterocycles. The largest absolute Gasteiger partial charge is 0.306 e. The van der Waals surface area contributed by atoms with Crippen LogP contribution >= 0.6 is 0 Å². The van der Waals surface area contributed by atoms with Crippen LogP contribution in [0.15, 0.2) is 23.3 Å². The van der Waals surface area contributed by atoms with E-state index in [1.165, 1.54) is 12.3 Å². The topological polar surface area (TPSA) is 63.6 Å². The van der Waals surface area contributed by atoms with Gasteiger partial charge in [0, 0.05) is 30.9 Å². The average molecular weight is 232 g/mol. The number of aryl methyl sites for hydroxylation is 1. The van der Waals surface area contributed by atoms with Crippen LogP contribution in [0, 0.1) is 0 Å². The molecule has 0 radical (unpaired) electrons. The summed E-state index contributed by atoms with van der Waals surface area (Å²) in [4.78, 5) is 18.2. The molecule has 0 spiro atoms. The van der Waals surface area contributed by atoms with Gasteiger partial charge in [0.25, 0.3) is 5.56 Å². The van der Waals surface area contributed by atoms with Gasteiger partial charge in [-0.15, -0.1) is 0 Å². The molecule has 2 heterocycles. The summed E-state index contributed by atoms with van der Waals surface area (Å²) in [7, 11) is 1.86. The number of hydrogen-bond donors (Lipinski definition) is 1. The van der Waals surface area contributed by atoms with E-state index in [1.807, 2.05) is 13.2 Å². The van der Waals surface area contributed by atoms with Gasteiger partial charge >= 0.3 is 0 Å². The van der Waals surface area contributed by atoms with Crippen molar-refractivity contribution < 1.29 is 0 Å². The third-order valence-electron chi connectivity index (χ3n) is 2.47. The Labute approximate surface area is 99.5 Å². The number of nitrogens with one attached hydrogen (secondary N) is 1. The Balaban J connectivity index is 2.64. The van der Waals surface area contributed by atoms with Crippen molar-refractivity contribution >= 4 is 0 Å². The van der Waals surface area contributed by atoms with Gasteiger partial charge in [0.05, 0.1) is 11.3 Å². The lowest BCUT2D eigenvalue weighted by Crippen LogP contribution is -2.15. The maximum atomic E-state index is 11.3. The van der Waals surface area contributed by atoms with E-state index in [0.29, 0.717) is 5.82 Å². The number of aromatic amines is 1. The van der Waals surface area contributed by atoms with Crippen LogP contribution < -0.4 is 5.56 Å². The Morgan fingerprint density at radius 2 is 2.06 bits per heavy atom. The molecule has 5 heteroatoms. The Bertz CT molecular complexity index is 589. The molecule has 1 N–H and O–H groups in total. The first-order valence-electron chi connectivity index (χ1n) is 5.48. The van der Waals surface area contributed by atoms with Gasteiger partial charge in [-0.2, -0.15) is 5.10 Å². The van der Waals surface area contributed by atoms with Gasteiger partial charge in [-0.25, -0.2) is 4.98 Å². The van der Waals surface area contributed by atoms with Gasteiger partial charge in [0.2, 0.25) is 0 Å². The molecule has 0 aromatic carbocycles. The van der Waals surface area contributed by atoms with Crippen LogP contribution in [0.1, 0.15) is 26.5 Å². The van der Waals surface area contributed by atoms with Crippen LogP contribution in [0.3, 0.4) is 0 Å². The third kappa shape index (κ3) is 2.27.